The summed E-state index contributed by atoms with van der Waals surface area (Å²) in [5.74, 6) is 0.0966. The van der Waals surface area contributed by atoms with Gasteiger partial charge in [0.25, 0.3) is 0 Å². The van der Waals surface area contributed by atoms with Gasteiger partial charge in [-0.05, 0) is 65.1 Å². The van der Waals surface area contributed by atoms with Crippen molar-refractivity contribution in [3.8, 4) is 11.5 Å². The molecule has 0 bridgehead atoms. The molecule has 0 saturated carbocycles. The summed E-state index contributed by atoms with van der Waals surface area (Å²) in [6.07, 6.45) is -2.79. The van der Waals surface area contributed by atoms with Gasteiger partial charge in [0.2, 0.25) is 0 Å². The second-order valence-electron chi connectivity index (χ2n) is 9.94. The third-order valence-electron chi connectivity index (χ3n) is 7.62. The fourth-order valence-electron chi connectivity index (χ4n) is 5.83. The lowest BCUT2D eigenvalue weighted by molar-refractivity contribution is -0.139. The van der Waals surface area contributed by atoms with Crippen LogP contribution in [0.1, 0.15) is 63.1 Å². The molecule has 0 spiro atoms. The van der Waals surface area contributed by atoms with E-state index in [-0.39, 0.29) is 25.0 Å². The third-order valence-corrected chi connectivity index (χ3v) is 8.57. The number of aliphatic carboxylic acids is 1. The van der Waals surface area contributed by atoms with E-state index in [1.165, 1.54) is 16.5 Å². The second-order valence-corrected chi connectivity index (χ2v) is 10.9. The third kappa shape index (κ3) is 4.70. The molecule has 0 fully saturated rings. The number of rotatable bonds is 6. The first kappa shape index (κ1) is 24.3. The van der Waals surface area contributed by atoms with E-state index in [0.29, 0.717) is 43.1 Å². The summed E-state index contributed by atoms with van der Waals surface area (Å²) in [7, 11) is 0. The van der Waals surface area contributed by atoms with Crippen LogP contribution in [0.3, 0.4) is 0 Å². The van der Waals surface area contributed by atoms with Crippen LogP contribution in [0.4, 0.5) is 13.2 Å². The van der Waals surface area contributed by atoms with Crippen molar-refractivity contribution in [1.29, 1.82) is 0 Å². The van der Waals surface area contributed by atoms with E-state index in [1.807, 2.05) is 11.4 Å². The van der Waals surface area contributed by atoms with Crippen LogP contribution in [-0.4, -0.2) is 29.1 Å². The average Bonchev–Trinajstić information content (AvgIpc) is 3.57. The molecule has 6 rings (SSSR count). The van der Waals surface area contributed by atoms with Crippen molar-refractivity contribution in [3.63, 3.8) is 0 Å². The minimum atomic E-state index is -4.42. The summed E-state index contributed by atoms with van der Waals surface area (Å²) in [6, 6.07) is 10.3. The number of thiophene rings is 1. The van der Waals surface area contributed by atoms with Crippen LogP contribution < -0.4 is 9.47 Å². The molecule has 2 atom stereocenters. The van der Waals surface area contributed by atoms with Crippen LogP contribution in [0, 0.1) is 0 Å². The van der Waals surface area contributed by atoms with E-state index in [0.717, 1.165) is 29.7 Å². The van der Waals surface area contributed by atoms with Gasteiger partial charge in [-0.25, -0.2) is 0 Å². The zero-order valence-electron chi connectivity index (χ0n) is 20.0. The van der Waals surface area contributed by atoms with E-state index in [2.05, 4.69) is 11.0 Å². The van der Waals surface area contributed by atoms with Gasteiger partial charge < -0.3 is 14.6 Å². The number of carbonyl (C=O) groups is 1. The molecule has 1 aliphatic carbocycles. The molecule has 37 heavy (non-hydrogen) atoms. The Hall–Kier alpha value is -3.04. The Morgan fingerprint density at radius 2 is 2.00 bits per heavy atom. The topological polar surface area (TPSA) is 59.0 Å². The molecule has 2 aliphatic heterocycles. The summed E-state index contributed by atoms with van der Waals surface area (Å²) < 4.78 is 54.1. The van der Waals surface area contributed by atoms with Crippen molar-refractivity contribution in [1.82, 2.24) is 4.90 Å². The number of hydrogen-bond donors (Lipinski definition) is 1. The van der Waals surface area contributed by atoms with Crippen molar-refractivity contribution in [2.24, 2.45) is 0 Å². The molecule has 5 nitrogen and oxygen atoms in total. The maximum Gasteiger partial charge on any atom is 0.416 e. The molecule has 1 aromatic heterocycles. The number of carboxylic acid groups (broad SMARTS) is 1. The molecule has 0 unspecified atom stereocenters. The number of carboxylic acids is 1. The largest absolute Gasteiger partial charge is 0.492 e. The van der Waals surface area contributed by atoms with Gasteiger partial charge in [-0.1, -0.05) is 12.1 Å². The molecule has 0 radical (unpaired) electrons. The van der Waals surface area contributed by atoms with Crippen molar-refractivity contribution >= 4 is 17.3 Å². The highest BCUT2D eigenvalue weighted by Crippen LogP contribution is 2.44. The second kappa shape index (κ2) is 9.36. The molecule has 9 heteroatoms. The minimum Gasteiger partial charge on any atom is -0.492 e. The van der Waals surface area contributed by atoms with Gasteiger partial charge in [0.1, 0.15) is 17.6 Å². The molecule has 194 valence electrons. The van der Waals surface area contributed by atoms with Crippen LogP contribution in [-0.2, 0) is 36.9 Å². The van der Waals surface area contributed by atoms with Crippen molar-refractivity contribution in [3.05, 3.63) is 80.0 Å². The van der Waals surface area contributed by atoms with Crippen molar-refractivity contribution in [2.75, 3.05) is 13.2 Å². The zero-order valence-corrected chi connectivity index (χ0v) is 20.8. The van der Waals surface area contributed by atoms with E-state index in [1.54, 1.807) is 29.5 Å². The highest BCUT2D eigenvalue weighted by molar-refractivity contribution is 7.10. The molecule has 2 aromatic carbocycles. The fourth-order valence-corrected chi connectivity index (χ4v) is 6.80. The summed E-state index contributed by atoms with van der Waals surface area (Å²) in [5, 5.41) is 11.2. The number of ether oxygens (including phenoxy) is 2. The molecule has 3 aliphatic rings. The standard InChI is InChI=1S/C28H26F3NO4S/c29-28(30,31)23-5-3-21-20(22(23)13-32-9-7-16-8-10-37-26(16)14-32)4-6-24(21)36-18-1-2-19-17(11-27(33)34)15-35-25(19)12-18/h1-3,5,8,10,12,17,24H,4,6-7,9,11,13-15H2,(H,33,34)/t17-,24-/m1/s1. The number of benzene rings is 2. The molecule has 3 heterocycles. The fraction of sp³-hybridized carbons (Fsp3) is 0.393. The number of hydrogen-bond acceptors (Lipinski definition) is 5. The van der Waals surface area contributed by atoms with Crippen LogP contribution in [0.15, 0.2) is 41.8 Å². The predicted octanol–water partition coefficient (Wildman–Crippen LogP) is 6.34. The smallest absolute Gasteiger partial charge is 0.416 e. The Morgan fingerprint density at radius 1 is 1.16 bits per heavy atom. The molecular formula is C28H26F3NO4S. The number of nitrogens with zero attached hydrogens (tertiary/aromatic N) is 1. The summed E-state index contributed by atoms with van der Waals surface area (Å²) in [4.78, 5) is 14.5. The molecule has 1 N–H and O–H groups in total. The quantitative estimate of drug-likeness (QED) is 0.404. The molecule has 0 amide bonds. The highest BCUT2D eigenvalue weighted by Gasteiger charge is 2.38. The zero-order chi connectivity index (χ0) is 25.7. The van der Waals surface area contributed by atoms with E-state index in [4.69, 9.17) is 14.6 Å². The van der Waals surface area contributed by atoms with Crippen LogP contribution >= 0.6 is 11.3 Å². The van der Waals surface area contributed by atoms with Crippen LogP contribution in [0.2, 0.25) is 0 Å². The number of alkyl halides is 3. The first-order valence-corrected chi connectivity index (χ1v) is 13.3. The van der Waals surface area contributed by atoms with Gasteiger partial charge in [-0.3, -0.25) is 9.69 Å². The molecule has 3 aromatic rings. The van der Waals surface area contributed by atoms with Gasteiger partial charge >= 0.3 is 12.1 Å². The minimum absolute atomic E-state index is 0.00165. The predicted molar refractivity (Wildman–Crippen MR) is 132 cm³/mol. The van der Waals surface area contributed by atoms with Crippen LogP contribution in [0.25, 0.3) is 0 Å². The van der Waals surface area contributed by atoms with E-state index in [9.17, 15) is 18.0 Å². The Labute approximate surface area is 216 Å². The number of halogens is 3. The Kier molecular flexibility index (Phi) is 6.15. The van der Waals surface area contributed by atoms with Gasteiger partial charge in [0.05, 0.1) is 18.6 Å². The Bertz CT molecular complexity index is 1350. The highest BCUT2D eigenvalue weighted by atomic mass is 32.1. The molecule has 0 saturated heterocycles. The maximum absolute atomic E-state index is 14.0. The molecular weight excluding hydrogens is 503 g/mol. The first-order valence-electron chi connectivity index (χ1n) is 12.4. The summed E-state index contributed by atoms with van der Waals surface area (Å²) >= 11 is 1.66. The van der Waals surface area contributed by atoms with Crippen LogP contribution in [0.5, 0.6) is 11.5 Å². The van der Waals surface area contributed by atoms with Crippen molar-refractivity contribution < 1.29 is 32.5 Å². The van der Waals surface area contributed by atoms with Crippen molar-refractivity contribution in [2.45, 2.75) is 57.0 Å². The average molecular weight is 530 g/mol. The summed E-state index contributed by atoms with van der Waals surface area (Å²) in [6.45, 7) is 1.98. The monoisotopic (exact) mass is 529 g/mol. The lowest BCUT2D eigenvalue weighted by Gasteiger charge is -2.29. The van der Waals surface area contributed by atoms with Gasteiger partial charge in [0.15, 0.2) is 0 Å². The van der Waals surface area contributed by atoms with Gasteiger partial charge in [-0.15, -0.1) is 11.3 Å². The van der Waals surface area contributed by atoms with E-state index < -0.39 is 17.7 Å². The van der Waals surface area contributed by atoms with Gasteiger partial charge in [0, 0.05) is 42.1 Å². The normalized spacial score (nSPS) is 20.7. The van der Waals surface area contributed by atoms with Gasteiger partial charge in [-0.2, -0.15) is 13.2 Å². The Morgan fingerprint density at radius 3 is 2.81 bits per heavy atom. The first-order chi connectivity index (χ1) is 17.8. The maximum atomic E-state index is 14.0. The lowest BCUT2D eigenvalue weighted by Crippen LogP contribution is -2.30. The SMILES string of the molecule is O=C(O)C[C@@H]1COc2cc(O[C@@H]3CCc4c3ccc(C(F)(F)F)c4CN3CCc4ccsc4C3)ccc21. The summed E-state index contributed by atoms with van der Waals surface area (Å²) in [5.41, 5.74) is 3.51. The number of fused-ring (bicyclic) bond motifs is 3. The Balaban J connectivity index is 1.25. The lowest BCUT2D eigenvalue weighted by atomic mass is 9.95. The van der Waals surface area contributed by atoms with E-state index >= 15 is 0 Å².